The van der Waals surface area contributed by atoms with Crippen LogP contribution in [0.4, 0.5) is 0 Å². The highest BCUT2D eigenvalue weighted by Crippen LogP contribution is 2.47. The molecule has 0 bridgehead atoms. The van der Waals surface area contributed by atoms with Gasteiger partial charge in [-0.25, -0.2) is 9.59 Å². The van der Waals surface area contributed by atoms with Crippen LogP contribution in [0.15, 0.2) is 12.1 Å². The molecule has 0 saturated carbocycles. The summed E-state index contributed by atoms with van der Waals surface area (Å²) in [6.45, 7) is 1.62. The molecule has 0 aliphatic carbocycles. The number of carbonyl (C=O) groups is 2. The third-order valence-corrected chi connectivity index (χ3v) is 3.69. The van der Waals surface area contributed by atoms with E-state index in [9.17, 15) is 24.9 Å². The van der Waals surface area contributed by atoms with Crippen LogP contribution < -0.4 is 0 Å². The molecule has 0 spiro atoms. The number of phenols is 3. The first kappa shape index (κ1) is 14.0. The molecule has 0 radical (unpaired) electrons. The zero-order valence-electron chi connectivity index (χ0n) is 11.7. The van der Waals surface area contributed by atoms with E-state index in [1.807, 2.05) is 0 Å². The van der Waals surface area contributed by atoms with Crippen LogP contribution in [0.5, 0.6) is 17.2 Å². The Balaban J connectivity index is 2.53. The molecule has 1 aliphatic rings. The van der Waals surface area contributed by atoms with Crippen molar-refractivity contribution in [1.82, 2.24) is 0 Å². The summed E-state index contributed by atoms with van der Waals surface area (Å²) in [6.07, 6.45) is -1.46. The van der Waals surface area contributed by atoms with Crippen LogP contribution in [0.3, 0.4) is 0 Å². The highest BCUT2D eigenvalue weighted by molar-refractivity contribution is 6.14. The predicted octanol–water partition coefficient (Wildman–Crippen LogP) is 1.65. The summed E-state index contributed by atoms with van der Waals surface area (Å²) in [5.74, 6) is -2.87. The van der Waals surface area contributed by atoms with E-state index in [0.29, 0.717) is 5.56 Å². The van der Waals surface area contributed by atoms with E-state index >= 15 is 0 Å². The Morgan fingerprint density at radius 3 is 2.45 bits per heavy atom. The molecule has 1 aliphatic heterocycles. The minimum atomic E-state index is -1.46. The normalized spacial score (nSPS) is 16.5. The van der Waals surface area contributed by atoms with Gasteiger partial charge in [0, 0.05) is 16.8 Å². The first-order valence-electron chi connectivity index (χ1n) is 6.36. The Hall–Kier alpha value is -2.96. The van der Waals surface area contributed by atoms with Crippen molar-refractivity contribution in [2.24, 2.45) is 0 Å². The third kappa shape index (κ3) is 1.68. The number of benzene rings is 2. The average Bonchev–Trinajstić information content (AvgIpc) is 2.44. The predicted molar refractivity (Wildman–Crippen MR) is 73.9 cm³/mol. The zero-order chi connectivity index (χ0) is 16.2. The second-order valence-corrected chi connectivity index (χ2v) is 4.97. The Labute approximate surface area is 124 Å². The van der Waals surface area contributed by atoms with Gasteiger partial charge in [-0.15, -0.1) is 0 Å². The number of aromatic hydroxyl groups is 3. The highest BCUT2D eigenvalue weighted by atomic mass is 16.6. The van der Waals surface area contributed by atoms with Crippen LogP contribution in [-0.4, -0.2) is 34.4 Å². The first-order chi connectivity index (χ1) is 10.4. The number of hydrogen-bond donors (Lipinski definition) is 3. The van der Waals surface area contributed by atoms with Gasteiger partial charge in [-0.2, -0.15) is 0 Å². The molecule has 3 rings (SSSR count). The maximum atomic E-state index is 12.1. The SMILES string of the molecule is COC(=O)[C@H]1OC(=O)c2c(O)cc(C)c3c(O)cc(O)c1c23. The first-order valence-corrected chi connectivity index (χ1v) is 6.36. The summed E-state index contributed by atoms with van der Waals surface area (Å²) in [5, 5.41) is 30.5. The number of phenolic OH excluding ortho intramolecular Hbond substituents is 3. The van der Waals surface area contributed by atoms with Gasteiger partial charge < -0.3 is 24.8 Å². The van der Waals surface area contributed by atoms with Crippen LogP contribution >= 0.6 is 0 Å². The minimum Gasteiger partial charge on any atom is -0.507 e. The second-order valence-electron chi connectivity index (χ2n) is 4.97. The maximum absolute atomic E-state index is 12.1. The Morgan fingerprint density at radius 1 is 1.14 bits per heavy atom. The lowest BCUT2D eigenvalue weighted by molar-refractivity contribution is -0.151. The lowest BCUT2D eigenvalue weighted by atomic mass is 9.89. The lowest BCUT2D eigenvalue weighted by Crippen LogP contribution is -2.26. The maximum Gasteiger partial charge on any atom is 0.352 e. The second kappa shape index (κ2) is 4.52. The molecule has 114 valence electrons. The molecule has 0 aromatic heterocycles. The topological polar surface area (TPSA) is 113 Å². The minimum absolute atomic E-state index is 0.0201. The summed E-state index contributed by atoms with van der Waals surface area (Å²) in [6, 6.07) is 2.36. The molecule has 3 N–H and O–H groups in total. The van der Waals surface area contributed by atoms with Crippen LogP contribution in [0.1, 0.15) is 27.6 Å². The number of hydrogen-bond acceptors (Lipinski definition) is 7. The fourth-order valence-electron chi connectivity index (χ4n) is 2.78. The number of aryl methyl sites for hydroxylation is 1. The molecule has 0 saturated heterocycles. The molecule has 7 nitrogen and oxygen atoms in total. The van der Waals surface area contributed by atoms with Crippen molar-refractivity contribution >= 4 is 22.7 Å². The number of carbonyl (C=O) groups excluding carboxylic acids is 2. The van der Waals surface area contributed by atoms with Gasteiger partial charge in [0.05, 0.1) is 12.7 Å². The molecule has 0 amide bonds. The molecule has 1 atom stereocenters. The van der Waals surface area contributed by atoms with E-state index in [1.165, 1.54) is 6.07 Å². The van der Waals surface area contributed by atoms with Crippen LogP contribution in [0.25, 0.3) is 10.8 Å². The van der Waals surface area contributed by atoms with Gasteiger partial charge in [0.15, 0.2) is 0 Å². The van der Waals surface area contributed by atoms with E-state index in [0.717, 1.165) is 13.2 Å². The molecule has 1 heterocycles. The van der Waals surface area contributed by atoms with E-state index in [-0.39, 0.29) is 33.4 Å². The molecule has 7 heteroatoms. The fourth-order valence-corrected chi connectivity index (χ4v) is 2.78. The van der Waals surface area contributed by atoms with Crippen molar-refractivity contribution in [3.8, 4) is 17.2 Å². The summed E-state index contributed by atoms with van der Waals surface area (Å²) in [4.78, 5) is 23.9. The largest absolute Gasteiger partial charge is 0.507 e. The van der Waals surface area contributed by atoms with Gasteiger partial charge in [-0.3, -0.25) is 0 Å². The van der Waals surface area contributed by atoms with E-state index in [2.05, 4.69) is 4.74 Å². The summed E-state index contributed by atoms with van der Waals surface area (Å²) >= 11 is 0. The van der Waals surface area contributed by atoms with Crippen molar-refractivity contribution in [2.45, 2.75) is 13.0 Å². The number of methoxy groups -OCH3 is 1. The Morgan fingerprint density at radius 2 is 1.82 bits per heavy atom. The highest BCUT2D eigenvalue weighted by Gasteiger charge is 2.39. The molecule has 0 fully saturated rings. The summed E-state index contributed by atoms with van der Waals surface area (Å²) in [7, 11) is 1.12. The van der Waals surface area contributed by atoms with Gasteiger partial charge in [-0.05, 0) is 18.6 Å². The quantitative estimate of drug-likeness (QED) is 0.686. The monoisotopic (exact) mass is 304 g/mol. The molecule has 0 unspecified atom stereocenters. The Kier molecular flexibility index (Phi) is 2.88. The fraction of sp³-hybridized carbons (Fsp3) is 0.200. The average molecular weight is 304 g/mol. The van der Waals surface area contributed by atoms with Gasteiger partial charge in [0.2, 0.25) is 6.10 Å². The number of ether oxygens (including phenoxy) is 2. The van der Waals surface area contributed by atoms with Crippen molar-refractivity contribution in [3.63, 3.8) is 0 Å². The lowest BCUT2D eigenvalue weighted by Gasteiger charge is -2.26. The molecule has 22 heavy (non-hydrogen) atoms. The van der Waals surface area contributed by atoms with Crippen molar-refractivity contribution in [3.05, 3.63) is 28.8 Å². The standard InChI is InChI=1S/C15H12O7/c1-5-3-6(16)11-12-9(5)7(17)4-8(18)10(12)13(15(20)21-2)22-14(11)19/h3-4,13,16-18H,1-2H3/t13-/m0/s1. The van der Waals surface area contributed by atoms with E-state index in [1.54, 1.807) is 6.92 Å². The number of rotatable bonds is 1. The van der Waals surface area contributed by atoms with Gasteiger partial charge in [0.25, 0.3) is 0 Å². The van der Waals surface area contributed by atoms with E-state index < -0.39 is 23.8 Å². The summed E-state index contributed by atoms with van der Waals surface area (Å²) in [5.41, 5.74) is 0.253. The van der Waals surface area contributed by atoms with Crippen LogP contribution in [0.2, 0.25) is 0 Å². The molecular weight excluding hydrogens is 292 g/mol. The van der Waals surface area contributed by atoms with Gasteiger partial charge in [0.1, 0.15) is 22.8 Å². The van der Waals surface area contributed by atoms with Crippen molar-refractivity contribution < 1.29 is 34.4 Å². The van der Waals surface area contributed by atoms with Gasteiger partial charge >= 0.3 is 11.9 Å². The van der Waals surface area contributed by atoms with Gasteiger partial charge in [-0.1, -0.05) is 0 Å². The van der Waals surface area contributed by atoms with Crippen LogP contribution in [0, 0.1) is 6.92 Å². The number of esters is 2. The third-order valence-electron chi connectivity index (χ3n) is 3.69. The number of cyclic esters (lactones) is 1. The van der Waals surface area contributed by atoms with Crippen LogP contribution in [-0.2, 0) is 14.3 Å². The van der Waals surface area contributed by atoms with Crippen molar-refractivity contribution in [1.29, 1.82) is 0 Å². The summed E-state index contributed by atoms with van der Waals surface area (Å²) < 4.78 is 9.56. The molecule has 2 aromatic rings. The molecule has 2 aromatic carbocycles. The Bertz CT molecular complexity index is 830. The van der Waals surface area contributed by atoms with Crippen molar-refractivity contribution in [2.75, 3.05) is 7.11 Å². The molecular formula is C15H12O7. The smallest absolute Gasteiger partial charge is 0.352 e. The zero-order valence-corrected chi connectivity index (χ0v) is 11.7. The van der Waals surface area contributed by atoms with E-state index in [4.69, 9.17) is 4.74 Å².